The van der Waals surface area contributed by atoms with E-state index in [0.29, 0.717) is 11.2 Å². The lowest BCUT2D eigenvalue weighted by Crippen LogP contribution is -2.42. The molecule has 1 unspecified atom stereocenters. The van der Waals surface area contributed by atoms with Crippen LogP contribution in [0.5, 0.6) is 0 Å². The third-order valence-corrected chi connectivity index (χ3v) is 7.95. The minimum Gasteiger partial charge on any atom is -0.456 e. The number of aromatic nitrogens is 3. The molecule has 44 heavy (non-hydrogen) atoms. The summed E-state index contributed by atoms with van der Waals surface area (Å²) in [5, 5.41) is 15.7. The fraction of sp³-hybridized carbons (Fsp3) is 0.667. The number of phosphoric acid groups is 1. The third-order valence-electron chi connectivity index (χ3n) is 6.65. The number of carbonyl (C=O) groups is 3. The average Bonchev–Trinajstić information content (AvgIpc) is 3.48. The maximum absolute atomic E-state index is 13.6. The monoisotopic (exact) mass is 644 g/mol. The van der Waals surface area contributed by atoms with Crippen molar-refractivity contribution >= 4 is 37.1 Å². The van der Waals surface area contributed by atoms with Gasteiger partial charge in [0.1, 0.15) is 29.7 Å². The first-order valence-corrected chi connectivity index (χ1v) is 15.4. The number of anilines is 1. The Morgan fingerprint density at radius 1 is 1.07 bits per heavy atom. The van der Waals surface area contributed by atoms with Crippen LogP contribution in [0.2, 0.25) is 0 Å². The van der Waals surface area contributed by atoms with Gasteiger partial charge in [0.2, 0.25) is 13.6 Å². The van der Waals surface area contributed by atoms with Gasteiger partial charge >= 0.3 is 25.7 Å². The van der Waals surface area contributed by atoms with Gasteiger partial charge in [-0.2, -0.15) is 5.10 Å². The summed E-state index contributed by atoms with van der Waals surface area (Å²) in [4.78, 5) is 40.6. The molecule has 2 aromatic rings. The zero-order valence-electron chi connectivity index (χ0n) is 26.0. The zero-order valence-corrected chi connectivity index (χ0v) is 26.9. The Hall–Kier alpha value is -3.14. The number of phosphoric ester groups is 1. The lowest BCUT2D eigenvalue weighted by atomic mass is 9.93. The highest BCUT2D eigenvalue weighted by Crippen LogP contribution is 2.51. The maximum Gasteiger partial charge on any atom is 0.480 e. The first-order valence-electron chi connectivity index (χ1n) is 13.9. The number of nitrogen functional groups attached to an aromatic ring is 1. The Morgan fingerprint density at radius 3 is 2.27 bits per heavy atom. The smallest absolute Gasteiger partial charge is 0.456 e. The van der Waals surface area contributed by atoms with Crippen molar-refractivity contribution in [1.82, 2.24) is 14.6 Å². The number of hydrogen-bond acceptors (Lipinski definition) is 15. The molecule has 16 nitrogen and oxygen atoms in total. The Morgan fingerprint density at radius 2 is 1.68 bits per heavy atom. The molecule has 2 aromatic heterocycles. The van der Waals surface area contributed by atoms with Gasteiger partial charge in [0, 0.05) is 0 Å². The van der Waals surface area contributed by atoms with Gasteiger partial charge in [0.15, 0.2) is 11.9 Å². The van der Waals surface area contributed by atoms with Crippen molar-refractivity contribution in [1.29, 1.82) is 0 Å². The molecule has 0 aliphatic carbocycles. The summed E-state index contributed by atoms with van der Waals surface area (Å²) in [5.41, 5.74) is 4.35. The number of aliphatic hydroxyl groups is 1. The second-order valence-corrected chi connectivity index (χ2v) is 13.6. The average molecular weight is 645 g/mol. The number of fused-ring (bicyclic) bond motifs is 1. The van der Waals surface area contributed by atoms with Crippen LogP contribution in [0.1, 0.15) is 61.1 Å². The molecule has 1 aliphatic heterocycles. The van der Waals surface area contributed by atoms with E-state index in [1.54, 1.807) is 67.5 Å². The van der Waals surface area contributed by atoms with Crippen LogP contribution >= 0.6 is 7.82 Å². The standard InChI is InChI=1S/C27H41N4O12P/c1-15(2)23(33)37-13-40-44(36,41-14-38-25(35)26(5,6)7)39-11-18-20(42-24(34)16(3)4)21(32)27(8,43-18)19-10-9-17-22(28)29-12-30-31(17)19/h9-10,12,15-16,18,20-21,32H,11,13-14H2,1-8H3,(H2,28,29,30)/t18-,20-,21-,27+,44?/m1/s1. The van der Waals surface area contributed by atoms with Gasteiger partial charge in [-0.3, -0.25) is 18.9 Å². The number of nitrogens with two attached hydrogens (primary N) is 1. The molecule has 0 radical (unpaired) electrons. The van der Waals surface area contributed by atoms with Crippen LogP contribution in [0.3, 0.4) is 0 Å². The summed E-state index contributed by atoms with van der Waals surface area (Å²) in [6, 6.07) is 3.26. The molecule has 0 spiro atoms. The summed E-state index contributed by atoms with van der Waals surface area (Å²) < 4.78 is 52.7. The fourth-order valence-corrected chi connectivity index (χ4v) is 4.92. The topological polar surface area (TPSA) is 209 Å². The van der Waals surface area contributed by atoms with Crippen molar-refractivity contribution in [2.75, 3.05) is 25.9 Å². The van der Waals surface area contributed by atoms with Crippen LogP contribution in [0.15, 0.2) is 18.5 Å². The molecule has 3 N–H and O–H groups in total. The Kier molecular flexibility index (Phi) is 11.1. The molecule has 0 saturated carbocycles. The van der Waals surface area contributed by atoms with E-state index in [2.05, 4.69) is 10.1 Å². The van der Waals surface area contributed by atoms with Crippen LogP contribution < -0.4 is 5.73 Å². The summed E-state index contributed by atoms with van der Waals surface area (Å²) in [6.07, 6.45) is -2.77. The first-order chi connectivity index (χ1) is 20.4. The molecule has 3 rings (SSSR count). The minimum absolute atomic E-state index is 0.186. The van der Waals surface area contributed by atoms with Gasteiger partial charge < -0.3 is 29.8 Å². The normalized spacial score (nSPS) is 23.6. The van der Waals surface area contributed by atoms with E-state index >= 15 is 0 Å². The number of aliphatic hydroxyl groups excluding tert-OH is 1. The molecule has 246 valence electrons. The number of ether oxygens (including phenoxy) is 4. The van der Waals surface area contributed by atoms with Crippen molar-refractivity contribution in [2.24, 2.45) is 17.3 Å². The van der Waals surface area contributed by atoms with Crippen molar-refractivity contribution in [3.8, 4) is 0 Å². The van der Waals surface area contributed by atoms with E-state index in [1.165, 1.54) is 10.8 Å². The molecule has 0 aromatic carbocycles. The molecule has 0 amide bonds. The van der Waals surface area contributed by atoms with Crippen molar-refractivity contribution < 1.29 is 56.6 Å². The largest absolute Gasteiger partial charge is 0.480 e. The maximum atomic E-state index is 13.6. The van der Waals surface area contributed by atoms with Gasteiger partial charge in [0.25, 0.3) is 0 Å². The molecule has 5 atom stereocenters. The van der Waals surface area contributed by atoms with Crippen LogP contribution in [0.25, 0.3) is 5.52 Å². The molecular formula is C27H41N4O12P. The van der Waals surface area contributed by atoms with E-state index in [1.807, 2.05) is 0 Å². The Bertz CT molecular complexity index is 1390. The predicted molar refractivity (Wildman–Crippen MR) is 152 cm³/mol. The SMILES string of the molecule is CC(C)C(=O)OCOP(=O)(OCOC(=O)C(C)(C)C)OC[C@H]1O[C@@](C)(c2ccc3c(N)ncnn23)[C@H](O)[C@@H]1OC(=O)C(C)C. The van der Waals surface area contributed by atoms with Crippen LogP contribution in [-0.4, -0.2) is 76.1 Å². The zero-order chi connectivity index (χ0) is 33.0. The molecule has 0 bridgehead atoms. The van der Waals surface area contributed by atoms with Gasteiger partial charge in [-0.25, -0.2) is 23.1 Å². The molecular weight excluding hydrogens is 603 g/mol. The highest BCUT2D eigenvalue weighted by Gasteiger charge is 2.56. The highest BCUT2D eigenvalue weighted by atomic mass is 31.2. The lowest BCUT2D eigenvalue weighted by molar-refractivity contribution is -0.162. The number of esters is 3. The second kappa shape index (κ2) is 13.9. The Labute approximate surface area is 255 Å². The third kappa shape index (κ3) is 8.11. The van der Waals surface area contributed by atoms with E-state index < -0.39 is 87.1 Å². The van der Waals surface area contributed by atoms with Crippen molar-refractivity contribution in [2.45, 2.75) is 79.3 Å². The summed E-state index contributed by atoms with van der Waals surface area (Å²) in [5.74, 6) is -2.80. The number of carbonyl (C=O) groups excluding carboxylic acids is 3. The summed E-state index contributed by atoms with van der Waals surface area (Å²) >= 11 is 0. The van der Waals surface area contributed by atoms with Crippen molar-refractivity contribution in [3.63, 3.8) is 0 Å². The van der Waals surface area contributed by atoms with E-state index in [0.717, 1.165) is 0 Å². The van der Waals surface area contributed by atoms with E-state index in [9.17, 15) is 24.1 Å². The fourth-order valence-electron chi connectivity index (χ4n) is 4.00. The Balaban J connectivity index is 1.86. The molecule has 1 saturated heterocycles. The summed E-state index contributed by atoms with van der Waals surface area (Å²) in [7, 11) is -4.61. The van der Waals surface area contributed by atoms with Crippen LogP contribution in [0.4, 0.5) is 5.82 Å². The number of rotatable bonds is 13. The predicted octanol–water partition coefficient (Wildman–Crippen LogP) is 2.72. The van der Waals surface area contributed by atoms with Gasteiger partial charge in [-0.15, -0.1) is 0 Å². The van der Waals surface area contributed by atoms with Gasteiger partial charge in [-0.05, 0) is 39.8 Å². The van der Waals surface area contributed by atoms with Gasteiger partial charge in [-0.1, -0.05) is 27.7 Å². The number of nitrogens with zero attached hydrogens (tertiary/aromatic N) is 3. The van der Waals surface area contributed by atoms with Crippen molar-refractivity contribution in [3.05, 3.63) is 24.2 Å². The molecule has 1 fully saturated rings. The van der Waals surface area contributed by atoms with Crippen LogP contribution in [0, 0.1) is 17.3 Å². The quantitative estimate of drug-likeness (QED) is 0.139. The van der Waals surface area contributed by atoms with E-state index in [-0.39, 0.29) is 5.82 Å². The first kappa shape index (κ1) is 35.3. The molecule has 3 heterocycles. The number of hydrogen-bond donors (Lipinski definition) is 2. The van der Waals surface area contributed by atoms with Crippen LogP contribution in [-0.2, 0) is 57.1 Å². The highest BCUT2D eigenvalue weighted by molar-refractivity contribution is 7.48. The van der Waals surface area contributed by atoms with E-state index in [4.69, 9.17) is 38.3 Å². The van der Waals surface area contributed by atoms with Gasteiger partial charge in [0.05, 0.1) is 29.6 Å². The molecule has 17 heteroatoms. The molecule has 1 aliphatic rings. The minimum atomic E-state index is -4.61. The second-order valence-electron chi connectivity index (χ2n) is 12.0. The lowest BCUT2D eigenvalue weighted by Gasteiger charge is -2.28. The summed E-state index contributed by atoms with van der Waals surface area (Å²) in [6.45, 7) is 10.6.